The molecule has 0 bridgehead atoms. The van der Waals surface area contributed by atoms with Crippen molar-refractivity contribution in [3.8, 4) is 0 Å². The van der Waals surface area contributed by atoms with E-state index in [1.807, 2.05) is 20.8 Å². The standard InChI is InChI=1S/C15H25N3O3/c1-4-17(5-2)12(19)10-18-13(20)15(16-14(18)21)9-7-6-8-11(15)3/h11H,4-10H2,1-3H3,(H,16,21)/t11-,15-/m0/s1. The van der Waals surface area contributed by atoms with Crippen LogP contribution in [0, 0.1) is 5.92 Å². The van der Waals surface area contributed by atoms with Crippen LogP contribution in [0.2, 0.25) is 0 Å². The van der Waals surface area contributed by atoms with Crippen LogP contribution in [0.25, 0.3) is 0 Å². The molecular formula is C15H25N3O3. The van der Waals surface area contributed by atoms with E-state index in [9.17, 15) is 14.4 Å². The lowest BCUT2D eigenvalue weighted by atomic mass is 9.73. The molecule has 0 unspecified atom stereocenters. The monoisotopic (exact) mass is 295 g/mol. The molecule has 4 amide bonds. The van der Waals surface area contributed by atoms with Crippen molar-refractivity contribution in [3.05, 3.63) is 0 Å². The number of carbonyl (C=O) groups excluding carboxylic acids is 3. The third-order valence-electron chi connectivity index (χ3n) is 4.91. The molecule has 6 nitrogen and oxygen atoms in total. The maximum atomic E-state index is 12.7. The lowest BCUT2D eigenvalue weighted by molar-refractivity contribution is -0.140. The fourth-order valence-corrected chi connectivity index (χ4v) is 3.45. The lowest BCUT2D eigenvalue weighted by Crippen LogP contribution is -2.54. The first kappa shape index (κ1) is 15.8. The molecule has 2 rings (SSSR count). The topological polar surface area (TPSA) is 69.7 Å². The molecule has 1 aliphatic carbocycles. The van der Waals surface area contributed by atoms with Crippen LogP contribution in [0.4, 0.5) is 4.79 Å². The smallest absolute Gasteiger partial charge is 0.325 e. The summed E-state index contributed by atoms with van der Waals surface area (Å²) in [6.07, 6.45) is 3.64. The maximum absolute atomic E-state index is 12.7. The van der Waals surface area contributed by atoms with E-state index in [2.05, 4.69) is 5.32 Å². The van der Waals surface area contributed by atoms with Crippen LogP contribution >= 0.6 is 0 Å². The molecule has 0 aromatic rings. The average Bonchev–Trinajstić information content (AvgIpc) is 2.69. The minimum absolute atomic E-state index is 0.122. The number of urea groups is 1. The van der Waals surface area contributed by atoms with E-state index < -0.39 is 11.6 Å². The normalized spacial score (nSPS) is 28.9. The van der Waals surface area contributed by atoms with Crippen molar-refractivity contribution in [2.45, 2.75) is 52.0 Å². The van der Waals surface area contributed by atoms with Gasteiger partial charge in [-0.3, -0.25) is 14.5 Å². The van der Waals surface area contributed by atoms with Crippen molar-refractivity contribution < 1.29 is 14.4 Å². The van der Waals surface area contributed by atoms with Gasteiger partial charge in [0, 0.05) is 13.1 Å². The van der Waals surface area contributed by atoms with Crippen molar-refractivity contribution >= 4 is 17.8 Å². The van der Waals surface area contributed by atoms with E-state index in [4.69, 9.17) is 0 Å². The summed E-state index contributed by atoms with van der Waals surface area (Å²) in [5.41, 5.74) is -0.779. The molecule has 6 heteroatoms. The van der Waals surface area contributed by atoms with Gasteiger partial charge in [-0.05, 0) is 32.6 Å². The number of nitrogens with zero attached hydrogens (tertiary/aromatic N) is 2. The van der Waals surface area contributed by atoms with Gasteiger partial charge in [-0.25, -0.2) is 4.79 Å². The van der Waals surface area contributed by atoms with Crippen LogP contribution in [-0.2, 0) is 9.59 Å². The second-order valence-electron chi connectivity index (χ2n) is 6.01. The quantitative estimate of drug-likeness (QED) is 0.796. The Hall–Kier alpha value is -1.59. The summed E-state index contributed by atoms with van der Waals surface area (Å²) < 4.78 is 0. The Bertz CT molecular complexity index is 447. The molecule has 2 aliphatic rings. The second-order valence-corrected chi connectivity index (χ2v) is 6.01. The van der Waals surface area contributed by atoms with Crippen molar-refractivity contribution in [1.82, 2.24) is 15.1 Å². The lowest BCUT2D eigenvalue weighted by Gasteiger charge is -2.36. The molecule has 0 aromatic heterocycles. The summed E-state index contributed by atoms with van der Waals surface area (Å²) in [7, 11) is 0. The van der Waals surface area contributed by atoms with Crippen molar-refractivity contribution in [2.24, 2.45) is 5.92 Å². The first-order valence-electron chi connectivity index (χ1n) is 7.88. The third-order valence-corrected chi connectivity index (χ3v) is 4.91. The molecular weight excluding hydrogens is 270 g/mol. The van der Waals surface area contributed by atoms with Gasteiger partial charge in [0.05, 0.1) is 0 Å². The highest BCUT2D eigenvalue weighted by Crippen LogP contribution is 2.38. The van der Waals surface area contributed by atoms with Gasteiger partial charge in [0.2, 0.25) is 5.91 Å². The fourth-order valence-electron chi connectivity index (χ4n) is 3.45. The average molecular weight is 295 g/mol. The van der Waals surface area contributed by atoms with E-state index in [1.165, 1.54) is 0 Å². The van der Waals surface area contributed by atoms with Crippen molar-refractivity contribution in [2.75, 3.05) is 19.6 Å². The minimum Gasteiger partial charge on any atom is -0.342 e. The summed E-state index contributed by atoms with van der Waals surface area (Å²) >= 11 is 0. The minimum atomic E-state index is -0.779. The molecule has 1 aliphatic heterocycles. The van der Waals surface area contributed by atoms with Gasteiger partial charge in [-0.15, -0.1) is 0 Å². The van der Waals surface area contributed by atoms with Crippen molar-refractivity contribution in [1.29, 1.82) is 0 Å². The maximum Gasteiger partial charge on any atom is 0.325 e. The van der Waals surface area contributed by atoms with Crippen molar-refractivity contribution in [3.63, 3.8) is 0 Å². The number of amides is 4. The van der Waals surface area contributed by atoms with Gasteiger partial charge in [-0.1, -0.05) is 19.8 Å². The number of hydrogen-bond donors (Lipinski definition) is 1. The van der Waals surface area contributed by atoms with Crippen LogP contribution in [0.5, 0.6) is 0 Å². The second kappa shape index (κ2) is 6.03. The zero-order chi connectivity index (χ0) is 15.6. The molecule has 1 heterocycles. The Balaban J connectivity index is 2.13. The van der Waals surface area contributed by atoms with Crippen LogP contribution in [-0.4, -0.2) is 52.8 Å². The van der Waals surface area contributed by atoms with E-state index in [0.717, 1.165) is 24.2 Å². The molecule has 118 valence electrons. The third kappa shape index (κ3) is 2.63. The van der Waals surface area contributed by atoms with E-state index in [0.29, 0.717) is 19.5 Å². The molecule has 1 spiro atoms. The van der Waals surface area contributed by atoms with Gasteiger partial charge in [-0.2, -0.15) is 0 Å². The Labute approximate surface area is 125 Å². The Morgan fingerprint density at radius 3 is 2.57 bits per heavy atom. The van der Waals surface area contributed by atoms with Gasteiger partial charge in [0.15, 0.2) is 0 Å². The van der Waals surface area contributed by atoms with Crippen LogP contribution < -0.4 is 5.32 Å². The molecule has 1 saturated heterocycles. The Kier molecular flexibility index (Phi) is 4.54. The van der Waals surface area contributed by atoms with Crippen LogP contribution in [0.1, 0.15) is 46.5 Å². The number of likely N-dealkylation sites (N-methyl/N-ethyl adjacent to an activating group) is 1. The molecule has 21 heavy (non-hydrogen) atoms. The highest BCUT2D eigenvalue weighted by Gasteiger charge is 2.55. The van der Waals surface area contributed by atoms with E-state index in [-0.39, 0.29) is 24.3 Å². The number of carbonyl (C=O) groups is 3. The predicted octanol–water partition coefficient (Wildman–Crippen LogP) is 1.36. The molecule has 1 saturated carbocycles. The Morgan fingerprint density at radius 1 is 1.33 bits per heavy atom. The first-order valence-corrected chi connectivity index (χ1v) is 7.88. The summed E-state index contributed by atoms with van der Waals surface area (Å²) in [5.74, 6) is -0.277. The molecule has 2 atom stereocenters. The zero-order valence-electron chi connectivity index (χ0n) is 13.1. The molecule has 1 N–H and O–H groups in total. The highest BCUT2D eigenvalue weighted by atomic mass is 16.2. The van der Waals surface area contributed by atoms with Crippen LogP contribution in [0.15, 0.2) is 0 Å². The summed E-state index contributed by atoms with van der Waals surface area (Å²) in [4.78, 5) is 39.8. The van der Waals surface area contributed by atoms with Gasteiger partial charge >= 0.3 is 6.03 Å². The number of hydrogen-bond acceptors (Lipinski definition) is 3. The first-order chi connectivity index (χ1) is 9.96. The molecule has 0 radical (unpaired) electrons. The zero-order valence-corrected chi connectivity index (χ0v) is 13.1. The molecule has 2 fully saturated rings. The van der Waals surface area contributed by atoms with E-state index in [1.54, 1.807) is 4.90 Å². The van der Waals surface area contributed by atoms with Gasteiger partial charge < -0.3 is 10.2 Å². The summed E-state index contributed by atoms with van der Waals surface area (Å²) in [5, 5.41) is 2.87. The molecule has 0 aromatic carbocycles. The SMILES string of the molecule is CCN(CC)C(=O)CN1C(=O)N[C@]2(CCCC[C@@H]2C)C1=O. The number of nitrogens with one attached hydrogen (secondary N) is 1. The van der Waals surface area contributed by atoms with Gasteiger partial charge in [0.25, 0.3) is 5.91 Å². The largest absolute Gasteiger partial charge is 0.342 e. The summed E-state index contributed by atoms with van der Waals surface area (Å²) in [6.45, 7) is 6.80. The van der Waals surface area contributed by atoms with Gasteiger partial charge in [0.1, 0.15) is 12.1 Å². The summed E-state index contributed by atoms with van der Waals surface area (Å²) in [6, 6.07) is -0.422. The fraction of sp³-hybridized carbons (Fsp3) is 0.800. The highest BCUT2D eigenvalue weighted by molar-refractivity contribution is 6.09. The number of rotatable bonds is 4. The number of imide groups is 1. The van der Waals surface area contributed by atoms with Crippen LogP contribution in [0.3, 0.4) is 0 Å². The van der Waals surface area contributed by atoms with E-state index >= 15 is 0 Å². The Morgan fingerprint density at radius 2 is 2.00 bits per heavy atom. The predicted molar refractivity (Wildman–Crippen MR) is 78.5 cm³/mol.